The molecule has 0 spiro atoms. The third-order valence-corrected chi connectivity index (χ3v) is 6.04. The average Bonchev–Trinajstić information content (AvgIpc) is 2.68. The molecule has 2 aromatic carbocycles. The third-order valence-electron chi connectivity index (χ3n) is 6.04. The van der Waals surface area contributed by atoms with Gasteiger partial charge in [0.05, 0.1) is 0 Å². The number of aliphatic hydroxyl groups excluding tert-OH is 1. The molecule has 0 aromatic heterocycles. The predicted octanol–water partition coefficient (Wildman–Crippen LogP) is 5.36. The molecule has 0 fully saturated rings. The van der Waals surface area contributed by atoms with E-state index in [9.17, 15) is 10.2 Å². The van der Waals surface area contributed by atoms with E-state index in [-0.39, 0.29) is 12.0 Å². The summed E-state index contributed by atoms with van der Waals surface area (Å²) >= 11 is 0. The molecule has 0 amide bonds. The van der Waals surface area contributed by atoms with E-state index in [2.05, 4.69) is 19.9 Å². The SMILES string of the molecule is CCC1(CCCCO)CC(C)Cc2ccc(OCc3ccccc3)c(O)c21. The van der Waals surface area contributed by atoms with Crippen LogP contribution < -0.4 is 4.74 Å². The van der Waals surface area contributed by atoms with Gasteiger partial charge in [-0.15, -0.1) is 0 Å². The highest BCUT2D eigenvalue weighted by atomic mass is 16.5. The summed E-state index contributed by atoms with van der Waals surface area (Å²) in [7, 11) is 0. The van der Waals surface area contributed by atoms with Crippen LogP contribution in [0.2, 0.25) is 0 Å². The maximum absolute atomic E-state index is 11.1. The van der Waals surface area contributed by atoms with Crippen LogP contribution in [0.15, 0.2) is 42.5 Å². The van der Waals surface area contributed by atoms with Gasteiger partial charge in [0.2, 0.25) is 0 Å². The normalized spacial score (nSPS) is 21.7. The van der Waals surface area contributed by atoms with Crippen LogP contribution in [0.25, 0.3) is 0 Å². The lowest BCUT2D eigenvalue weighted by Crippen LogP contribution is -2.34. The Hall–Kier alpha value is -2.00. The zero-order valence-electron chi connectivity index (χ0n) is 16.6. The summed E-state index contributed by atoms with van der Waals surface area (Å²) in [6, 6.07) is 14.1. The average molecular weight is 369 g/mol. The maximum Gasteiger partial charge on any atom is 0.161 e. The lowest BCUT2D eigenvalue weighted by molar-refractivity contribution is 0.230. The number of phenols is 1. The minimum atomic E-state index is -0.0294. The molecule has 27 heavy (non-hydrogen) atoms. The molecule has 0 bridgehead atoms. The molecule has 1 aliphatic rings. The lowest BCUT2D eigenvalue weighted by atomic mass is 9.62. The molecule has 0 saturated carbocycles. The van der Waals surface area contributed by atoms with Crippen molar-refractivity contribution >= 4 is 0 Å². The molecule has 2 aromatic rings. The molecule has 0 heterocycles. The highest BCUT2D eigenvalue weighted by Gasteiger charge is 2.40. The fourth-order valence-corrected chi connectivity index (χ4v) is 4.74. The number of benzene rings is 2. The van der Waals surface area contributed by atoms with Crippen LogP contribution in [0.3, 0.4) is 0 Å². The molecular formula is C24H32O3. The van der Waals surface area contributed by atoms with Gasteiger partial charge in [0.1, 0.15) is 6.61 Å². The van der Waals surface area contributed by atoms with Crippen LogP contribution in [0.5, 0.6) is 11.5 Å². The molecule has 0 radical (unpaired) electrons. The van der Waals surface area contributed by atoms with Gasteiger partial charge in [-0.3, -0.25) is 0 Å². The van der Waals surface area contributed by atoms with E-state index in [1.54, 1.807) is 0 Å². The number of unbranched alkanes of at least 4 members (excludes halogenated alkanes) is 1. The number of aromatic hydroxyl groups is 1. The minimum Gasteiger partial charge on any atom is -0.504 e. The van der Waals surface area contributed by atoms with Gasteiger partial charge in [-0.1, -0.05) is 56.7 Å². The Kier molecular flexibility index (Phi) is 6.43. The third kappa shape index (κ3) is 4.30. The standard InChI is InChI=1S/C24H32O3/c1-3-24(13-7-8-14-25)16-18(2)15-20-11-12-21(23(26)22(20)24)27-17-19-9-5-4-6-10-19/h4-6,9-12,18,25-26H,3,7-8,13-17H2,1-2H3. The molecule has 3 rings (SSSR count). The predicted molar refractivity (Wildman–Crippen MR) is 109 cm³/mol. The second kappa shape index (κ2) is 8.79. The van der Waals surface area contributed by atoms with E-state index in [1.807, 2.05) is 36.4 Å². The van der Waals surface area contributed by atoms with Crippen molar-refractivity contribution in [3.63, 3.8) is 0 Å². The van der Waals surface area contributed by atoms with Gasteiger partial charge in [-0.05, 0) is 60.6 Å². The molecule has 3 nitrogen and oxygen atoms in total. The molecule has 146 valence electrons. The van der Waals surface area contributed by atoms with Gasteiger partial charge in [-0.2, -0.15) is 0 Å². The Morgan fingerprint density at radius 1 is 1.11 bits per heavy atom. The van der Waals surface area contributed by atoms with Gasteiger partial charge in [-0.25, -0.2) is 0 Å². The summed E-state index contributed by atoms with van der Waals surface area (Å²) in [5.74, 6) is 1.50. The summed E-state index contributed by atoms with van der Waals surface area (Å²) < 4.78 is 5.99. The van der Waals surface area contributed by atoms with Crippen molar-refractivity contribution in [2.45, 2.75) is 64.4 Å². The first-order valence-electron chi connectivity index (χ1n) is 10.2. The lowest BCUT2D eigenvalue weighted by Gasteiger charge is -2.42. The molecule has 2 atom stereocenters. The first kappa shape index (κ1) is 19.8. The summed E-state index contributed by atoms with van der Waals surface area (Å²) in [5, 5.41) is 20.4. The van der Waals surface area contributed by atoms with E-state index in [1.165, 1.54) is 5.56 Å². The fraction of sp³-hybridized carbons (Fsp3) is 0.500. The Morgan fingerprint density at radius 2 is 1.89 bits per heavy atom. The van der Waals surface area contributed by atoms with Gasteiger partial charge < -0.3 is 14.9 Å². The zero-order valence-corrected chi connectivity index (χ0v) is 16.6. The quantitative estimate of drug-likeness (QED) is 0.616. The van der Waals surface area contributed by atoms with Gasteiger partial charge in [0.25, 0.3) is 0 Å². The molecule has 0 aliphatic heterocycles. The van der Waals surface area contributed by atoms with E-state index >= 15 is 0 Å². The number of ether oxygens (including phenoxy) is 1. The van der Waals surface area contributed by atoms with Crippen LogP contribution in [0.1, 0.15) is 62.6 Å². The number of hydrogen-bond donors (Lipinski definition) is 2. The Balaban J connectivity index is 1.91. The van der Waals surface area contributed by atoms with E-state index in [0.29, 0.717) is 24.0 Å². The monoisotopic (exact) mass is 368 g/mol. The first-order valence-corrected chi connectivity index (χ1v) is 10.2. The van der Waals surface area contributed by atoms with Crippen LogP contribution in [0.4, 0.5) is 0 Å². The maximum atomic E-state index is 11.1. The number of phenolic OH excluding ortho intramolecular Hbond substituents is 1. The van der Waals surface area contributed by atoms with Crippen LogP contribution >= 0.6 is 0 Å². The summed E-state index contributed by atoms with van der Waals surface area (Å²) in [6.07, 6.45) is 5.87. The Morgan fingerprint density at radius 3 is 2.59 bits per heavy atom. The van der Waals surface area contributed by atoms with E-state index in [4.69, 9.17) is 4.74 Å². The number of rotatable bonds is 8. The molecule has 2 unspecified atom stereocenters. The molecule has 0 saturated heterocycles. The van der Waals surface area contributed by atoms with E-state index in [0.717, 1.165) is 49.7 Å². The smallest absolute Gasteiger partial charge is 0.161 e. The van der Waals surface area contributed by atoms with Crippen LogP contribution in [-0.2, 0) is 18.4 Å². The minimum absolute atomic E-state index is 0.0294. The number of aliphatic hydroxyl groups is 1. The molecular weight excluding hydrogens is 336 g/mol. The first-order chi connectivity index (χ1) is 13.1. The van der Waals surface area contributed by atoms with Crippen molar-refractivity contribution in [1.29, 1.82) is 0 Å². The fourth-order valence-electron chi connectivity index (χ4n) is 4.74. The van der Waals surface area contributed by atoms with Crippen molar-refractivity contribution in [2.24, 2.45) is 5.92 Å². The van der Waals surface area contributed by atoms with Crippen LogP contribution in [0, 0.1) is 5.92 Å². The molecule has 1 aliphatic carbocycles. The summed E-state index contributed by atoms with van der Waals surface area (Å²) in [5.41, 5.74) is 3.40. The van der Waals surface area contributed by atoms with Crippen molar-refractivity contribution in [3.05, 3.63) is 59.2 Å². The second-order valence-corrected chi connectivity index (χ2v) is 8.05. The topological polar surface area (TPSA) is 49.7 Å². The summed E-state index contributed by atoms with van der Waals surface area (Å²) in [6.45, 7) is 5.20. The highest BCUT2D eigenvalue weighted by Crippen LogP contribution is 2.51. The molecule has 3 heteroatoms. The van der Waals surface area contributed by atoms with Crippen molar-refractivity contribution in [3.8, 4) is 11.5 Å². The second-order valence-electron chi connectivity index (χ2n) is 8.05. The van der Waals surface area contributed by atoms with Gasteiger partial charge in [0.15, 0.2) is 11.5 Å². The summed E-state index contributed by atoms with van der Waals surface area (Å²) in [4.78, 5) is 0. The number of fused-ring (bicyclic) bond motifs is 1. The van der Waals surface area contributed by atoms with Crippen molar-refractivity contribution < 1.29 is 14.9 Å². The van der Waals surface area contributed by atoms with Gasteiger partial charge in [0, 0.05) is 12.2 Å². The van der Waals surface area contributed by atoms with Crippen LogP contribution in [-0.4, -0.2) is 16.8 Å². The largest absolute Gasteiger partial charge is 0.504 e. The number of hydrogen-bond acceptors (Lipinski definition) is 3. The van der Waals surface area contributed by atoms with E-state index < -0.39 is 0 Å². The van der Waals surface area contributed by atoms with Crippen molar-refractivity contribution in [1.82, 2.24) is 0 Å². The molecule has 2 N–H and O–H groups in total. The van der Waals surface area contributed by atoms with Crippen molar-refractivity contribution in [2.75, 3.05) is 6.61 Å². The Bertz CT molecular complexity index is 741. The zero-order chi connectivity index (χ0) is 19.3. The van der Waals surface area contributed by atoms with Gasteiger partial charge >= 0.3 is 0 Å². The Labute approximate surface area is 163 Å². The highest BCUT2D eigenvalue weighted by molar-refractivity contribution is 5.55.